The van der Waals surface area contributed by atoms with E-state index in [2.05, 4.69) is 10.2 Å². The lowest BCUT2D eigenvalue weighted by atomic mass is 10.2. The number of ether oxygens (including phenoxy) is 2. The van der Waals surface area contributed by atoms with Gasteiger partial charge < -0.3 is 24.6 Å². The van der Waals surface area contributed by atoms with Crippen LogP contribution < -0.4 is 19.7 Å². The molecule has 1 aliphatic heterocycles. The van der Waals surface area contributed by atoms with Crippen LogP contribution in [0.5, 0.6) is 11.5 Å². The number of halogens is 1. The zero-order chi connectivity index (χ0) is 19.2. The number of rotatable bonds is 6. The molecule has 2 aromatic rings. The van der Waals surface area contributed by atoms with Gasteiger partial charge in [-0.3, -0.25) is 4.79 Å². The zero-order valence-electron chi connectivity index (χ0n) is 15.6. The Balaban J connectivity index is 1.48. The lowest BCUT2D eigenvalue weighted by Crippen LogP contribution is -2.50. The van der Waals surface area contributed by atoms with Gasteiger partial charge >= 0.3 is 0 Å². The van der Waals surface area contributed by atoms with Crippen molar-refractivity contribution in [2.24, 2.45) is 0 Å². The molecule has 0 aliphatic carbocycles. The molecule has 0 unspecified atom stereocenters. The lowest BCUT2D eigenvalue weighted by molar-refractivity contribution is -0.129. The zero-order valence-corrected chi connectivity index (χ0v) is 16.3. The molecule has 0 aromatic heterocycles. The topological polar surface area (TPSA) is 54.0 Å². The number of piperazine rings is 1. The first kappa shape index (κ1) is 19.2. The number of carbonyl (C=O) groups is 1. The molecule has 144 valence electrons. The van der Waals surface area contributed by atoms with Crippen LogP contribution in [0.15, 0.2) is 42.5 Å². The highest BCUT2D eigenvalue weighted by molar-refractivity contribution is 6.32. The smallest absolute Gasteiger partial charge is 0.241 e. The number of nitrogens with one attached hydrogen (secondary N) is 1. The van der Waals surface area contributed by atoms with Crippen molar-refractivity contribution in [1.82, 2.24) is 4.90 Å². The Bertz CT molecular complexity index is 775. The molecule has 1 amide bonds. The first-order valence-corrected chi connectivity index (χ1v) is 9.22. The van der Waals surface area contributed by atoms with Crippen molar-refractivity contribution in [3.63, 3.8) is 0 Å². The predicted molar refractivity (Wildman–Crippen MR) is 108 cm³/mol. The SMILES string of the molecule is COc1ccc(N2CCN(C(=O)CNc3ccc(OC)c(Cl)c3)CC2)cc1. The Morgan fingerprint density at radius 1 is 1.04 bits per heavy atom. The summed E-state index contributed by atoms with van der Waals surface area (Å²) in [6.07, 6.45) is 0. The summed E-state index contributed by atoms with van der Waals surface area (Å²) >= 11 is 6.11. The molecule has 0 saturated carbocycles. The second kappa shape index (κ2) is 8.86. The average molecular weight is 390 g/mol. The van der Waals surface area contributed by atoms with Crippen LogP contribution in [0.1, 0.15) is 0 Å². The number of nitrogens with zero attached hydrogens (tertiary/aromatic N) is 2. The number of amides is 1. The van der Waals surface area contributed by atoms with E-state index in [0.29, 0.717) is 23.9 Å². The molecule has 7 heteroatoms. The summed E-state index contributed by atoms with van der Waals surface area (Å²) in [4.78, 5) is 16.6. The summed E-state index contributed by atoms with van der Waals surface area (Å²) in [6.45, 7) is 3.27. The van der Waals surface area contributed by atoms with Gasteiger partial charge in [0.1, 0.15) is 11.5 Å². The molecule has 1 fully saturated rings. The van der Waals surface area contributed by atoms with Gasteiger partial charge in [-0.05, 0) is 42.5 Å². The molecule has 1 saturated heterocycles. The maximum Gasteiger partial charge on any atom is 0.241 e. The number of carbonyl (C=O) groups excluding carboxylic acids is 1. The van der Waals surface area contributed by atoms with Crippen molar-refractivity contribution in [2.45, 2.75) is 0 Å². The Labute approximate surface area is 164 Å². The molecule has 0 radical (unpaired) electrons. The standard InChI is InChI=1S/C20H24ClN3O3/c1-26-17-6-4-16(5-7-17)23-9-11-24(12-10-23)20(25)14-22-15-3-8-19(27-2)18(21)13-15/h3-8,13,22H,9-12,14H2,1-2H3. The fourth-order valence-electron chi connectivity index (χ4n) is 3.07. The first-order chi connectivity index (χ1) is 13.1. The minimum absolute atomic E-state index is 0.0799. The average Bonchev–Trinajstić information content (AvgIpc) is 2.72. The molecule has 0 spiro atoms. The molecule has 1 aliphatic rings. The Morgan fingerprint density at radius 2 is 1.74 bits per heavy atom. The van der Waals surface area contributed by atoms with Crippen LogP contribution in [0, 0.1) is 0 Å². The molecule has 27 heavy (non-hydrogen) atoms. The van der Waals surface area contributed by atoms with Crippen molar-refractivity contribution < 1.29 is 14.3 Å². The fourth-order valence-corrected chi connectivity index (χ4v) is 3.33. The molecule has 3 rings (SSSR count). The van der Waals surface area contributed by atoms with Crippen LogP contribution >= 0.6 is 11.6 Å². The third-order valence-corrected chi connectivity index (χ3v) is 4.96. The van der Waals surface area contributed by atoms with E-state index in [0.717, 1.165) is 30.2 Å². The Kier molecular flexibility index (Phi) is 6.29. The third kappa shape index (κ3) is 4.77. The lowest BCUT2D eigenvalue weighted by Gasteiger charge is -2.36. The highest BCUT2D eigenvalue weighted by atomic mass is 35.5. The summed E-state index contributed by atoms with van der Waals surface area (Å²) in [5.74, 6) is 1.54. The normalized spacial score (nSPS) is 14.0. The van der Waals surface area contributed by atoms with Crippen molar-refractivity contribution >= 4 is 28.9 Å². The molecule has 6 nitrogen and oxygen atoms in total. The van der Waals surface area contributed by atoms with Crippen molar-refractivity contribution in [2.75, 3.05) is 57.2 Å². The van der Waals surface area contributed by atoms with Crippen molar-refractivity contribution in [3.8, 4) is 11.5 Å². The van der Waals surface area contributed by atoms with Crippen molar-refractivity contribution in [1.29, 1.82) is 0 Å². The molecule has 1 N–H and O–H groups in total. The van der Waals surface area contributed by atoms with E-state index in [1.807, 2.05) is 35.2 Å². The van der Waals surface area contributed by atoms with E-state index >= 15 is 0 Å². The highest BCUT2D eigenvalue weighted by Crippen LogP contribution is 2.27. The quantitative estimate of drug-likeness (QED) is 0.822. The summed E-state index contributed by atoms with van der Waals surface area (Å²) in [7, 11) is 3.23. The van der Waals surface area contributed by atoms with Gasteiger partial charge in [-0.15, -0.1) is 0 Å². The number of benzene rings is 2. The molecular formula is C20H24ClN3O3. The van der Waals surface area contributed by atoms with E-state index < -0.39 is 0 Å². The molecule has 0 bridgehead atoms. The maximum atomic E-state index is 12.5. The fraction of sp³-hybridized carbons (Fsp3) is 0.350. The molecule has 0 atom stereocenters. The second-order valence-corrected chi connectivity index (χ2v) is 6.68. The van der Waals surface area contributed by atoms with Gasteiger partial charge in [0.05, 0.1) is 25.8 Å². The van der Waals surface area contributed by atoms with Gasteiger partial charge in [0.25, 0.3) is 0 Å². The van der Waals surface area contributed by atoms with Crippen molar-refractivity contribution in [3.05, 3.63) is 47.5 Å². The molecule has 1 heterocycles. The van der Waals surface area contributed by atoms with E-state index in [1.165, 1.54) is 0 Å². The van der Waals surface area contributed by atoms with E-state index in [-0.39, 0.29) is 12.5 Å². The van der Waals surface area contributed by atoms with Crippen LogP contribution in [0.4, 0.5) is 11.4 Å². The van der Waals surface area contributed by atoms with Gasteiger partial charge in [0, 0.05) is 37.6 Å². The Morgan fingerprint density at radius 3 is 2.33 bits per heavy atom. The van der Waals surface area contributed by atoms with Gasteiger partial charge in [-0.25, -0.2) is 0 Å². The van der Waals surface area contributed by atoms with Crippen LogP contribution in [0.3, 0.4) is 0 Å². The predicted octanol–water partition coefficient (Wildman–Crippen LogP) is 3.12. The first-order valence-electron chi connectivity index (χ1n) is 8.85. The number of hydrogen-bond donors (Lipinski definition) is 1. The van der Waals surface area contributed by atoms with Gasteiger partial charge in [-0.2, -0.15) is 0 Å². The van der Waals surface area contributed by atoms with E-state index in [1.54, 1.807) is 26.4 Å². The number of hydrogen-bond acceptors (Lipinski definition) is 5. The van der Waals surface area contributed by atoms with Gasteiger partial charge in [-0.1, -0.05) is 11.6 Å². The highest BCUT2D eigenvalue weighted by Gasteiger charge is 2.21. The second-order valence-electron chi connectivity index (χ2n) is 6.27. The van der Waals surface area contributed by atoms with Gasteiger partial charge in [0.2, 0.25) is 5.91 Å². The number of methoxy groups -OCH3 is 2. The van der Waals surface area contributed by atoms with Gasteiger partial charge in [0.15, 0.2) is 0 Å². The largest absolute Gasteiger partial charge is 0.497 e. The van der Waals surface area contributed by atoms with Crippen LogP contribution in [0.25, 0.3) is 0 Å². The van der Waals surface area contributed by atoms with Crippen LogP contribution in [0.2, 0.25) is 5.02 Å². The minimum Gasteiger partial charge on any atom is -0.497 e. The van der Waals surface area contributed by atoms with E-state index in [4.69, 9.17) is 21.1 Å². The summed E-state index contributed by atoms with van der Waals surface area (Å²) in [6, 6.07) is 13.4. The summed E-state index contributed by atoms with van der Waals surface area (Å²) in [5, 5.41) is 3.65. The van der Waals surface area contributed by atoms with Crippen LogP contribution in [-0.4, -0.2) is 57.8 Å². The monoisotopic (exact) mass is 389 g/mol. The van der Waals surface area contributed by atoms with Crippen LogP contribution in [-0.2, 0) is 4.79 Å². The summed E-state index contributed by atoms with van der Waals surface area (Å²) in [5.41, 5.74) is 1.94. The van der Waals surface area contributed by atoms with E-state index in [9.17, 15) is 4.79 Å². The Hall–Kier alpha value is -2.60. The molecular weight excluding hydrogens is 366 g/mol. The summed E-state index contributed by atoms with van der Waals surface area (Å²) < 4.78 is 10.3. The molecule has 2 aromatic carbocycles. The minimum atomic E-state index is 0.0799. The maximum absolute atomic E-state index is 12.5. The number of anilines is 2. The third-order valence-electron chi connectivity index (χ3n) is 4.67.